The van der Waals surface area contributed by atoms with Crippen LogP contribution in [0.1, 0.15) is 24.3 Å². The van der Waals surface area contributed by atoms with Crippen LogP contribution in [0.4, 0.5) is 0 Å². The monoisotopic (exact) mass is 260 g/mol. The van der Waals surface area contributed by atoms with E-state index >= 15 is 0 Å². The minimum absolute atomic E-state index is 0.215. The summed E-state index contributed by atoms with van der Waals surface area (Å²) in [4.78, 5) is 16.8. The zero-order valence-electron chi connectivity index (χ0n) is 10.9. The molecule has 1 heterocycles. The van der Waals surface area contributed by atoms with Crippen LogP contribution in [0.15, 0.2) is 36.5 Å². The van der Waals surface area contributed by atoms with Gasteiger partial charge < -0.3 is 0 Å². The van der Waals surface area contributed by atoms with Crippen LogP contribution in [0.2, 0.25) is 0 Å². The molecule has 0 atom stereocenters. The molecular weight excluding hydrogens is 244 g/mol. The Morgan fingerprint density at radius 3 is 2.79 bits per heavy atom. The Kier molecular flexibility index (Phi) is 4.25. The van der Waals surface area contributed by atoms with E-state index in [-0.39, 0.29) is 5.69 Å². The largest absolute Gasteiger partial charge is 0.297 e. The second-order valence-electron chi connectivity index (χ2n) is 4.52. The molecule has 0 bridgehead atoms. The lowest BCUT2D eigenvalue weighted by Crippen LogP contribution is -2.25. The zero-order chi connectivity index (χ0) is 13.7. The molecule has 0 spiro atoms. The van der Waals surface area contributed by atoms with Crippen LogP contribution in [-0.2, 0) is 4.84 Å². The number of carbonyl (C=O) groups is 1. The van der Waals surface area contributed by atoms with Crippen LogP contribution in [0.25, 0.3) is 5.69 Å². The minimum atomic E-state index is -0.400. The lowest BCUT2D eigenvalue weighted by atomic mass is 10.2. The number of benzene rings is 1. The van der Waals surface area contributed by atoms with Gasteiger partial charge in [0.15, 0.2) is 5.69 Å². The molecule has 2 aromatic rings. The number of aromatic nitrogens is 3. The Morgan fingerprint density at radius 1 is 1.37 bits per heavy atom. The van der Waals surface area contributed by atoms with E-state index in [1.807, 2.05) is 44.2 Å². The van der Waals surface area contributed by atoms with Gasteiger partial charge in [-0.05, 0) is 18.1 Å². The SMILES string of the molecule is CC(C)CONC(=O)c1cn(-c2ccccc2)nn1. The molecule has 1 N–H and O–H groups in total. The number of nitrogens with one attached hydrogen (secondary N) is 1. The van der Waals surface area contributed by atoms with Crippen molar-refractivity contribution in [1.82, 2.24) is 20.5 Å². The molecule has 2 rings (SSSR count). The Hall–Kier alpha value is -2.21. The summed E-state index contributed by atoms with van der Waals surface area (Å²) in [6.07, 6.45) is 1.56. The van der Waals surface area contributed by atoms with Gasteiger partial charge in [-0.25, -0.2) is 10.2 Å². The molecule has 1 amide bonds. The van der Waals surface area contributed by atoms with Gasteiger partial charge in [-0.15, -0.1) is 5.10 Å². The quantitative estimate of drug-likeness (QED) is 0.829. The average Bonchev–Trinajstić information content (AvgIpc) is 2.89. The maximum absolute atomic E-state index is 11.7. The average molecular weight is 260 g/mol. The summed E-state index contributed by atoms with van der Waals surface area (Å²) >= 11 is 0. The summed E-state index contributed by atoms with van der Waals surface area (Å²) in [6.45, 7) is 4.45. The number of rotatable bonds is 5. The molecule has 0 aliphatic heterocycles. The molecule has 100 valence electrons. The maximum atomic E-state index is 11.7. The Morgan fingerprint density at radius 2 is 2.11 bits per heavy atom. The van der Waals surface area contributed by atoms with Crippen molar-refractivity contribution in [3.8, 4) is 5.69 Å². The second kappa shape index (κ2) is 6.10. The first-order valence-electron chi connectivity index (χ1n) is 6.06. The van der Waals surface area contributed by atoms with Crippen molar-refractivity contribution < 1.29 is 9.63 Å². The fourth-order valence-electron chi connectivity index (χ4n) is 1.40. The predicted octanol–water partition coefficient (Wildman–Crippen LogP) is 1.58. The molecule has 1 aromatic heterocycles. The summed E-state index contributed by atoms with van der Waals surface area (Å²) < 4.78 is 1.54. The van der Waals surface area contributed by atoms with E-state index in [0.717, 1.165) is 5.69 Å². The normalized spacial score (nSPS) is 10.7. The standard InChI is InChI=1S/C13H16N4O2/c1-10(2)9-19-15-13(18)12-8-17(16-14-12)11-6-4-3-5-7-11/h3-8,10H,9H2,1-2H3,(H,15,18). The molecule has 0 aliphatic rings. The van der Waals surface area contributed by atoms with E-state index in [0.29, 0.717) is 12.5 Å². The first-order valence-corrected chi connectivity index (χ1v) is 6.06. The number of para-hydroxylation sites is 1. The minimum Gasteiger partial charge on any atom is -0.273 e. The number of hydrogen-bond donors (Lipinski definition) is 1. The smallest absolute Gasteiger partial charge is 0.273 e. The summed E-state index contributed by atoms with van der Waals surface area (Å²) in [5, 5.41) is 7.71. The van der Waals surface area contributed by atoms with Gasteiger partial charge in [-0.1, -0.05) is 37.3 Å². The van der Waals surface area contributed by atoms with Crippen molar-refractivity contribution >= 4 is 5.91 Å². The number of nitrogens with zero attached hydrogens (tertiary/aromatic N) is 3. The maximum Gasteiger partial charge on any atom is 0.297 e. The van der Waals surface area contributed by atoms with Crippen LogP contribution in [-0.4, -0.2) is 27.5 Å². The van der Waals surface area contributed by atoms with Crippen LogP contribution in [0.5, 0.6) is 0 Å². The molecule has 0 saturated heterocycles. The highest BCUT2D eigenvalue weighted by Crippen LogP contribution is 2.05. The summed E-state index contributed by atoms with van der Waals surface area (Å²) in [5.41, 5.74) is 3.40. The van der Waals surface area contributed by atoms with E-state index in [1.165, 1.54) is 4.68 Å². The summed E-state index contributed by atoms with van der Waals surface area (Å²) in [5.74, 6) is -0.0527. The molecule has 0 fully saturated rings. The Bertz CT molecular complexity index is 537. The first-order chi connectivity index (χ1) is 9.16. The highest BCUT2D eigenvalue weighted by molar-refractivity contribution is 5.91. The van der Waals surface area contributed by atoms with Crippen LogP contribution < -0.4 is 5.48 Å². The van der Waals surface area contributed by atoms with E-state index < -0.39 is 5.91 Å². The molecule has 0 unspecified atom stereocenters. The molecule has 6 nitrogen and oxygen atoms in total. The number of amides is 1. The van der Waals surface area contributed by atoms with Crippen molar-refractivity contribution in [3.63, 3.8) is 0 Å². The summed E-state index contributed by atoms with van der Waals surface area (Å²) in [6, 6.07) is 9.45. The molecule has 0 radical (unpaired) electrons. The van der Waals surface area contributed by atoms with Crippen molar-refractivity contribution in [2.75, 3.05) is 6.61 Å². The van der Waals surface area contributed by atoms with Gasteiger partial charge in [-0.3, -0.25) is 9.63 Å². The fourth-order valence-corrected chi connectivity index (χ4v) is 1.40. The van der Waals surface area contributed by atoms with E-state index in [1.54, 1.807) is 6.20 Å². The van der Waals surface area contributed by atoms with E-state index in [4.69, 9.17) is 4.84 Å². The molecule has 19 heavy (non-hydrogen) atoms. The van der Waals surface area contributed by atoms with E-state index in [2.05, 4.69) is 15.8 Å². The third-order valence-corrected chi connectivity index (χ3v) is 2.33. The zero-order valence-corrected chi connectivity index (χ0v) is 10.9. The molecule has 0 saturated carbocycles. The van der Waals surface area contributed by atoms with Crippen LogP contribution in [0, 0.1) is 5.92 Å². The van der Waals surface area contributed by atoms with Gasteiger partial charge >= 0.3 is 0 Å². The van der Waals surface area contributed by atoms with Gasteiger partial charge in [0.1, 0.15) is 0 Å². The van der Waals surface area contributed by atoms with E-state index in [9.17, 15) is 4.79 Å². The number of hydrogen-bond acceptors (Lipinski definition) is 4. The lowest BCUT2D eigenvalue weighted by molar-refractivity contribution is 0.0204. The number of carbonyl (C=O) groups excluding carboxylic acids is 1. The van der Waals surface area contributed by atoms with Gasteiger partial charge in [0.05, 0.1) is 18.5 Å². The van der Waals surface area contributed by atoms with Gasteiger partial charge in [0.25, 0.3) is 5.91 Å². The predicted molar refractivity (Wildman–Crippen MR) is 69.6 cm³/mol. The van der Waals surface area contributed by atoms with Crippen molar-refractivity contribution in [1.29, 1.82) is 0 Å². The number of hydroxylamine groups is 1. The molecule has 6 heteroatoms. The van der Waals surface area contributed by atoms with Gasteiger partial charge in [-0.2, -0.15) is 0 Å². The molecule has 0 aliphatic carbocycles. The third-order valence-electron chi connectivity index (χ3n) is 2.33. The van der Waals surface area contributed by atoms with Crippen LogP contribution in [0.3, 0.4) is 0 Å². The van der Waals surface area contributed by atoms with Gasteiger partial charge in [0, 0.05) is 0 Å². The highest BCUT2D eigenvalue weighted by atomic mass is 16.6. The van der Waals surface area contributed by atoms with Crippen molar-refractivity contribution in [3.05, 3.63) is 42.2 Å². The Labute approximate surface area is 111 Å². The summed E-state index contributed by atoms with van der Waals surface area (Å²) in [7, 11) is 0. The Balaban J connectivity index is 1.99. The first kappa shape index (κ1) is 13.2. The topological polar surface area (TPSA) is 69.0 Å². The lowest BCUT2D eigenvalue weighted by Gasteiger charge is -2.05. The second-order valence-corrected chi connectivity index (χ2v) is 4.52. The molecule has 1 aromatic carbocycles. The van der Waals surface area contributed by atoms with Gasteiger partial charge in [0.2, 0.25) is 0 Å². The van der Waals surface area contributed by atoms with Crippen molar-refractivity contribution in [2.45, 2.75) is 13.8 Å². The third kappa shape index (κ3) is 3.62. The fraction of sp³-hybridized carbons (Fsp3) is 0.308. The van der Waals surface area contributed by atoms with Crippen LogP contribution >= 0.6 is 0 Å². The highest BCUT2D eigenvalue weighted by Gasteiger charge is 2.11. The molecular formula is C13H16N4O2. The van der Waals surface area contributed by atoms with Crippen molar-refractivity contribution in [2.24, 2.45) is 5.92 Å².